The number of pyridine rings is 1. The molecule has 0 N–H and O–H groups in total. The van der Waals surface area contributed by atoms with Gasteiger partial charge in [-0.1, -0.05) is 37.6 Å². The minimum atomic E-state index is 1.06. The zero-order valence-electron chi connectivity index (χ0n) is 8.98. The highest BCUT2D eigenvalue weighted by Gasteiger charge is 1.93. The van der Waals surface area contributed by atoms with Gasteiger partial charge in [-0.25, -0.2) is 0 Å². The third-order valence-electron chi connectivity index (χ3n) is 2.39. The molecule has 1 aromatic heterocycles. The fourth-order valence-corrected chi connectivity index (χ4v) is 1.58. The Bertz CT molecular complexity index is 471. The summed E-state index contributed by atoms with van der Waals surface area (Å²) in [5.41, 5.74) is 2.31. The second kappa shape index (κ2) is 4.74. The largest absolute Gasteiger partial charge is 0.256 e. The van der Waals surface area contributed by atoms with E-state index >= 15 is 0 Å². The number of fused-ring (bicyclic) bond motifs is 1. The van der Waals surface area contributed by atoms with E-state index in [2.05, 4.69) is 48.3 Å². The molecule has 1 nitrogen and oxygen atoms in total. The number of allylic oxidation sites excluding steroid dienone is 1. The van der Waals surface area contributed by atoms with Gasteiger partial charge in [0.1, 0.15) is 0 Å². The molecule has 2 rings (SSSR count). The van der Waals surface area contributed by atoms with Crippen molar-refractivity contribution in [3.8, 4) is 0 Å². The average molecular weight is 197 g/mol. The molecule has 0 saturated carbocycles. The minimum absolute atomic E-state index is 1.06. The van der Waals surface area contributed by atoms with Gasteiger partial charge in [0.15, 0.2) is 0 Å². The first-order valence-corrected chi connectivity index (χ1v) is 5.41. The van der Waals surface area contributed by atoms with E-state index in [1.54, 1.807) is 0 Å². The van der Waals surface area contributed by atoms with Crippen LogP contribution in [0, 0.1) is 0 Å². The van der Waals surface area contributed by atoms with Crippen LogP contribution >= 0.6 is 0 Å². The highest BCUT2D eigenvalue weighted by molar-refractivity contribution is 5.80. The Morgan fingerprint density at radius 2 is 2.20 bits per heavy atom. The van der Waals surface area contributed by atoms with Crippen LogP contribution in [-0.2, 0) is 0 Å². The van der Waals surface area contributed by atoms with E-state index in [9.17, 15) is 0 Å². The zero-order chi connectivity index (χ0) is 10.5. The van der Waals surface area contributed by atoms with Crippen molar-refractivity contribution in [1.82, 2.24) is 4.98 Å². The van der Waals surface area contributed by atoms with E-state index in [0.717, 1.165) is 11.9 Å². The summed E-state index contributed by atoms with van der Waals surface area (Å²) in [7, 11) is 0. The monoisotopic (exact) mass is 197 g/mol. The summed E-state index contributed by atoms with van der Waals surface area (Å²) in [4.78, 5) is 4.29. The van der Waals surface area contributed by atoms with E-state index < -0.39 is 0 Å². The van der Waals surface area contributed by atoms with Gasteiger partial charge < -0.3 is 0 Å². The number of benzene rings is 1. The molecule has 0 amide bonds. The summed E-state index contributed by atoms with van der Waals surface area (Å²) in [6.07, 6.45) is 8.57. The van der Waals surface area contributed by atoms with Gasteiger partial charge in [-0.05, 0) is 30.2 Å². The van der Waals surface area contributed by atoms with Gasteiger partial charge in [-0.2, -0.15) is 0 Å². The fourth-order valence-electron chi connectivity index (χ4n) is 1.58. The Labute approximate surface area is 90.5 Å². The topological polar surface area (TPSA) is 12.9 Å². The van der Waals surface area contributed by atoms with Crippen molar-refractivity contribution in [2.24, 2.45) is 0 Å². The fraction of sp³-hybridized carbons (Fsp3) is 0.214. The lowest BCUT2D eigenvalue weighted by atomic mass is 10.1. The molecule has 1 aromatic carbocycles. The third kappa shape index (κ3) is 2.44. The van der Waals surface area contributed by atoms with Crippen molar-refractivity contribution in [1.29, 1.82) is 0 Å². The maximum Gasteiger partial charge on any atom is 0.0702 e. The molecule has 0 radical (unpaired) electrons. The Morgan fingerprint density at radius 1 is 1.27 bits per heavy atom. The minimum Gasteiger partial charge on any atom is -0.256 e. The molecule has 0 saturated heterocycles. The molecule has 0 spiro atoms. The zero-order valence-corrected chi connectivity index (χ0v) is 8.98. The van der Waals surface area contributed by atoms with Crippen molar-refractivity contribution in [2.45, 2.75) is 19.8 Å². The molecule has 0 atom stereocenters. The van der Waals surface area contributed by atoms with E-state index in [4.69, 9.17) is 0 Å². The predicted octanol–water partition coefficient (Wildman–Crippen LogP) is 4.05. The summed E-state index contributed by atoms with van der Waals surface area (Å²) in [6, 6.07) is 10.4. The van der Waals surface area contributed by atoms with Gasteiger partial charge in [0.25, 0.3) is 0 Å². The quantitative estimate of drug-likeness (QED) is 0.723. The molecular weight excluding hydrogens is 182 g/mol. The van der Waals surface area contributed by atoms with Gasteiger partial charge >= 0.3 is 0 Å². The Morgan fingerprint density at radius 3 is 3.07 bits per heavy atom. The second-order valence-corrected chi connectivity index (χ2v) is 3.65. The van der Waals surface area contributed by atoms with Gasteiger partial charge in [0.2, 0.25) is 0 Å². The maximum absolute atomic E-state index is 4.29. The first-order valence-electron chi connectivity index (χ1n) is 5.41. The lowest BCUT2D eigenvalue weighted by Gasteiger charge is -1.98. The molecule has 0 unspecified atom stereocenters. The van der Waals surface area contributed by atoms with Crippen LogP contribution in [0.3, 0.4) is 0 Å². The van der Waals surface area contributed by atoms with E-state index in [-0.39, 0.29) is 0 Å². The van der Waals surface area contributed by atoms with Crippen LogP contribution in [0.15, 0.2) is 42.6 Å². The summed E-state index contributed by atoms with van der Waals surface area (Å²) < 4.78 is 0. The molecule has 2 aromatic rings. The molecule has 0 fully saturated rings. The smallest absolute Gasteiger partial charge is 0.0702 e. The van der Waals surface area contributed by atoms with E-state index in [0.29, 0.717) is 0 Å². The first-order chi connectivity index (χ1) is 7.40. The van der Waals surface area contributed by atoms with Crippen LogP contribution < -0.4 is 0 Å². The van der Waals surface area contributed by atoms with Crippen molar-refractivity contribution in [2.75, 3.05) is 0 Å². The molecule has 0 aliphatic heterocycles. The molecule has 0 aliphatic carbocycles. The molecule has 15 heavy (non-hydrogen) atoms. The second-order valence-electron chi connectivity index (χ2n) is 3.65. The van der Waals surface area contributed by atoms with Crippen LogP contribution in [0.2, 0.25) is 0 Å². The number of nitrogens with zero attached hydrogens (tertiary/aromatic N) is 1. The highest BCUT2D eigenvalue weighted by atomic mass is 14.6. The van der Waals surface area contributed by atoms with Crippen molar-refractivity contribution in [3.05, 3.63) is 48.2 Å². The number of aromatic nitrogens is 1. The highest BCUT2D eigenvalue weighted by Crippen LogP contribution is 2.14. The lowest BCUT2D eigenvalue weighted by Crippen LogP contribution is -1.78. The number of unbranched alkanes of at least 4 members (excludes halogenated alkanes) is 1. The van der Waals surface area contributed by atoms with Gasteiger partial charge in [-0.15, -0.1) is 0 Å². The molecule has 0 bridgehead atoms. The van der Waals surface area contributed by atoms with Crippen LogP contribution in [0.5, 0.6) is 0 Å². The van der Waals surface area contributed by atoms with Gasteiger partial charge in [-0.3, -0.25) is 4.98 Å². The van der Waals surface area contributed by atoms with Crippen LogP contribution in [0.4, 0.5) is 0 Å². The van der Waals surface area contributed by atoms with Crippen LogP contribution in [0.1, 0.15) is 25.3 Å². The van der Waals surface area contributed by atoms with Gasteiger partial charge in [0, 0.05) is 11.6 Å². The van der Waals surface area contributed by atoms with E-state index in [1.807, 2.05) is 12.3 Å². The summed E-state index contributed by atoms with van der Waals surface area (Å²) in [6.45, 7) is 2.19. The maximum atomic E-state index is 4.29. The molecule has 1 heterocycles. The summed E-state index contributed by atoms with van der Waals surface area (Å²) in [5.74, 6) is 0. The van der Waals surface area contributed by atoms with E-state index in [1.165, 1.54) is 17.4 Å². The third-order valence-corrected chi connectivity index (χ3v) is 2.39. The van der Waals surface area contributed by atoms with Crippen molar-refractivity contribution < 1.29 is 0 Å². The average Bonchev–Trinajstić information content (AvgIpc) is 2.29. The number of hydrogen-bond donors (Lipinski definition) is 0. The predicted molar refractivity (Wildman–Crippen MR) is 65.7 cm³/mol. The molecule has 0 aliphatic rings. The van der Waals surface area contributed by atoms with Crippen molar-refractivity contribution >= 4 is 17.0 Å². The lowest BCUT2D eigenvalue weighted by molar-refractivity contribution is 0.962. The Balaban J connectivity index is 2.30. The molecular formula is C14H15N. The molecule has 1 heteroatoms. The normalized spacial score (nSPS) is 11.3. The first kappa shape index (κ1) is 9.91. The SMILES string of the molecule is CCC/C=C/c1ccc2ncccc2c1. The van der Waals surface area contributed by atoms with Gasteiger partial charge in [0.05, 0.1) is 5.52 Å². The van der Waals surface area contributed by atoms with Crippen molar-refractivity contribution in [3.63, 3.8) is 0 Å². The summed E-state index contributed by atoms with van der Waals surface area (Å²) in [5, 5.41) is 1.20. The summed E-state index contributed by atoms with van der Waals surface area (Å²) >= 11 is 0. The standard InChI is InChI=1S/C14H15N/c1-2-3-4-6-12-8-9-14-13(11-12)7-5-10-15-14/h4-11H,2-3H2,1H3/b6-4+. The Kier molecular flexibility index (Phi) is 3.13. The number of hydrogen-bond acceptors (Lipinski definition) is 1. The molecule has 76 valence electrons. The number of rotatable bonds is 3. The van der Waals surface area contributed by atoms with Crippen LogP contribution in [0.25, 0.3) is 17.0 Å². The Hall–Kier alpha value is -1.63. The van der Waals surface area contributed by atoms with Crippen LogP contribution in [-0.4, -0.2) is 4.98 Å².